The summed E-state index contributed by atoms with van der Waals surface area (Å²) in [5.74, 6) is 0.821. The monoisotopic (exact) mass is 236 g/mol. The second-order valence-electron chi connectivity index (χ2n) is 5.33. The highest BCUT2D eigenvalue weighted by molar-refractivity contribution is 5.20. The van der Waals surface area contributed by atoms with Gasteiger partial charge in [-0.15, -0.1) is 0 Å². The first-order chi connectivity index (χ1) is 8.03. The molecule has 0 saturated carbocycles. The fourth-order valence-electron chi connectivity index (χ4n) is 1.53. The van der Waals surface area contributed by atoms with E-state index in [1.807, 2.05) is 30.3 Å². The lowest BCUT2D eigenvalue weighted by Gasteiger charge is -2.24. The van der Waals surface area contributed by atoms with Crippen LogP contribution in [-0.2, 0) is 0 Å². The maximum Gasteiger partial charge on any atom is 0.119 e. The molecular weight excluding hydrogens is 212 g/mol. The zero-order valence-electron chi connectivity index (χ0n) is 11.1. The van der Waals surface area contributed by atoms with Crippen LogP contribution in [0.15, 0.2) is 30.3 Å². The van der Waals surface area contributed by atoms with Gasteiger partial charge >= 0.3 is 0 Å². The first-order valence-electron chi connectivity index (χ1n) is 6.39. The van der Waals surface area contributed by atoms with E-state index in [1.54, 1.807) is 0 Å². The number of aliphatic hydroxyl groups excluding tert-OH is 1. The summed E-state index contributed by atoms with van der Waals surface area (Å²) in [5.41, 5.74) is 0.313. The molecule has 1 rings (SSSR count). The van der Waals surface area contributed by atoms with Crippen LogP contribution in [0, 0.1) is 5.41 Å². The molecule has 1 aromatic rings. The number of rotatable bonds is 7. The van der Waals surface area contributed by atoms with Crippen LogP contribution in [0.5, 0.6) is 5.75 Å². The van der Waals surface area contributed by atoms with E-state index in [0.717, 1.165) is 25.0 Å². The first kappa shape index (κ1) is 14.0. The van der Waals surface area contributed by atoms with Gasteiger partial charge in [-0.2, -0.15) is 0 Å². The summed E-state index contributed by atoms with van der Waals surface area (Å²) in [7, 11) is 0. The second-order valence-corrected chi connectivity index (χ2v) is 5.33. The third-order valence-corrected chi connectivity index (χ3v) is 3.30. The molecule has 0 aliphatic rings. The van der Waals surface area contributed by atoms with Crippen LogP contribution in [0.2, 0.25) is 0 Å². The van der Waals surface area contributed by atoms with Gasteiger partial charge in [0.2, 0.25) is 0 Å². The molecule has 0 aliphatic carbocycles. The standard InChI is InChI=1S/C15H24O2/c1-4-15(2,3)11-10-13(16)12-17-14-8-6-5-7-9-14/h5-9,13,16H,4,10-12H2,1-3H3. The number of ether oxygens (including phenoxy) is 1. The molecule has 0 fully saturated rings. The van der Waals surface area contributed by atoms with Crippen molar-refractivity contribution in [1.82, 2.24) is 0 Å². The predicted octanol–water partition coefficient (Wildman–Crippen LogP) is 3.64. The predicted molar refractivity (Wildman–Crippen MR) is 71.2 cm³/mol. The summed E-state index contributed by atoms with van der Waals surface area (Å²) >= 11 is 0. The molecule has 2 heteroatoms. The van der Waals surface area contributed by atoms with E-state index >= 15 is 0 Å². The summed E-state index contributed by atoms with van der Waals surface area (Å²) in [6.07, 6.45) is 2.59. The van der Waals surface area contributed by atoms with Crippen LogP contribution >= 0.6 is 0 Å². The van der Waals surface area contributed by atoms with Crippen molar-refractivity contribution >= 4 is 0 Å². The molecule has 0 heterocycles. The lowest BCUT2D eigenvalue weighted by molar-refractivity contribution is 0.0866. The Hall–Kier alpha value is -1.02. The van der Waals surface area contributed by atoms with Crippen LogP contribution in [-0.4, -0.2) is 17.8 Å². The Morgan fingerprint density at radius 3 is 2.47 bits per heavy atom. The van der Waals surface area contributed by atoms with Crippen molar-refractivity contribution in [2.24, 2.45) is 5.41 Å². The minimum atomic E-state index is -0.374. The average molecular weight is 236 g/mol. The van der Waals surface area contributed by atoms with Gasteiger partial charge < -0.3 is 9.84 Å². The topological polar surface area (TPSA) is 29.5 Å². The van der Waals surface area contributed by atoms with Crippen molar-refractivity contribution in [2.45, 2.75) is 46.1 Å². The summed E-state index contributed by atoms with van der Waals surface area (Å²) < 4.78 is 5.52. The molecule has 0 aliphatic heterocycles. The summed E-state index contributed by atoms with van der Waals surface area (Å²) in [6, 6.07) is 9.63. The number of hydrogen-bond acceptors (Lipinski definition) is 2. The van der Waals surface area contributed by atoms with Crippen LogP contribution in [0.25, 0.3) is 0 Å². The molecule has 0 aromatic heterocycles. The zero-order chi connectivity index (χ0) is 12.7. The Bertz CT molecular complexity index is 306. The molecular formula is C15H24O2. The van der Waals surface area contributed by atoms with Gasteiger partial charge in [0, 0.05) is 0 Å². The van der Waals surface area contributed by atoms with E-state index in [4.69, 9.17) is 4.74 Å². The lowest BCUT2D eigenvalue weighted by Crippen LogP contribution is -2.21. The van der Waals surface area contributed by atoms with Crippen molar-refractivity contribution in [3.8, 4) is 5.75 Å². The molecule has 96 valence electrons. The Balaban J connectivity index is 2.24. The molecule has 1 unspecified atom stereocenters. The Labute approximate surface area is 105 Å². The molecule has 0 radical (unpaired) electrons. The van der Waals surface area contributed by atoms with Gasteiger partial charge in [-0.3, -0.25) is 0 Å². The summed E-state index contributed by atoms with van der Waals surface area (Å²) in [4.78, 5) is 0. The fourth-order valence-corrected chi connectivity index (χ4v) is 1.53. The minimum Gasteiger partial charge on any atom is -0.491 e. The Kier molecular flexibility index (Phi) is 5.49. The molecule has 1 atom stereocenters. The molecule has 1 N–H and O–H groups in total. The van der Waals surface area contributed by atoms with Gasteiger partial charge in [-0.1, -0.05) is 45.4 Å². The van der Waals surface area contributed by atoms with E-state index in [0.29, 0.717) is 12.0 Å². The second kappa shape index (κ2) is 6.65. The van der Waals surface area contributed by atoms with Gasteiger partial charge in [0.25, 0.3) is 0 Å². The number of aliphatic hydroxyl groups is 1. The van der Waals surface area contributed by atoms with Crippen molar-refractivity contribution in [3.05, 3.63) is 30.3 Å². The quantitative estimate of drug-likeness (QED) is 0.783. The lowest BCUT2D eigenvalue weighted by atomic mass is 9.84. The highest BCUT2D eigenvalue weighted by atomic mass is 16.5. The first-order valence-corrected chi connectivity index (χ1v) is 6.39. The largest absolute Gasteiger partial charge is 0.491 e. The molecule has 17 heavy (non-hydrogen) atoms. The van der Waals surface area contributed by atoms with Gasteiger partial charge in [-0.25, -0.2) is 0 Å². The summed E-state index contributed by atoms with van der Waals surface area (Å²) in [5, 5.41) is 9.84. The average Bonchev–Trinajstić information content (AvgIpc) is 2.35. The highest BCUT2D eigenvalue weighted by Crippen LogP contribution is 2.26. The molecule has 1 aromatic carbocycles. The Morgan fingerprint density at radius 1 is 1.24 bits per heavy atom. The normalized spacial score (nSPS) is 13.4. The third kappa shape index (κ3) is 5.73. The Morgan fingerprint density at radius 2 is 1.88 bits per heavy atom. The number of hydrogen-bond donors (Lipinski definition) is 1. The molecule has 0 amide bonds. The van der Waals surface area contributed by atoms with Crippen molar-refractivity contribution < 1.29 is 9.84 Å². The van der Waals surface area contributed by atoms with E-state index in [2.05, 4.69) is 20.8 Å². The van der Waals surface area contributed by atoms with Crippen LogP contribution in [0.1, 0.15) is 40.0 Å². The zero-order valence-corrected chi connectivity index (χ0v) is 11.1. The molecule has 0 spiro atoms. The summed E-state index contributed by atoms with van der Waals surface area (Å²) in [6.45, 7) is 7.03. The molecule has 0 bridgehead atoms. The van der Waals surface area contributed by atoms with Crippen molar-refractivity contribution in [3.63, 3.8) is 0 Å². The third-order valence-electron chi connectivity index (χ3n) is 3.30. The van der Waals surface area contributed by atoms with Crippen LogP contribution in [0.4, 0.5) is 0 Å². The van der Waals surface area contributed by atoms with Crippen molar-refractivity contribution in [2.75, 3.05) is 6.61 Å². The number of benzene rings is 1. The minimum absolute atomic E-state index is 0.313. The molecule has 2 nitrogen and oxygen atoms in total. The van der Waals surface area contributed by atoms with E-state index < -0.39 is 0 Å². The van der Waals surface area contributed by atoms with E-state index in [-0.39, 0.29) is 6.10 Å². The van der Waals surface area contributed by atoms with Gasteiger partial charge in [0.1, 0.15) is 12.4 Å². The maximum atomic E-state index is 9.84. The van der Waals surface area contributed by atoms with Gasteiger partial charge in [0.05, 0.1) is 6.10 Å². The van der Waals surface area contributed by atoms with Gasteiger partial charge in [-0.05, 0) is 30.4 Å². The SMILES string of the molecule is CCC(C)(C)CCC(O)COc1ccccc1. The van der Waals surface area contributed by atoms with Gasteiger partial charge in [0.15, 0.2) is 0 Å². The smallest absolute Gasteiger partial charge is 0.119 e. The fraction of sp³-hybridized carbons (Fsp3) is 0.600. The maximum absolute atomic E-state index is 9.84. The van der Waals surface area contributed by atoms with Crippen LogP contribution in [0.3, 0.4) is 0 Å². The number of para-hydroxylation sites is 1. The highest BCUT2D eigenvalue weighted by Gasteiger charge is 2.17. The van der Waals surface area contributed by atoms with Crippen molar-refractivity contribution in [1.29, 1.82) is 0 Å². The molecule has 0 saturated heterocycles. The van der Waals surface area contributed by atoms with Crippen LogP contribution < -0.4 is 4.74 Å². The van der Waals surface area contributed by atoms with E-state index in [9.17, 15) is 5.11 Å². The van der Waals surface area contributed by atoms with E-state index in [1.165, 1.54) is 0 Å².